The third-order valence-corrected chi connectivity index (χ3v) is 6.02. The van der Waals surface area contributed by atoms with Gasteiger partial charge in [-0.1, -0.05) is 69.2 Å². The number of aromatic nitrogens is 1. The van der Waals surface area contributed by atoms with Crippen LogP contribution in [0.25, 0.3) is 21.7 Å². The van der Waals surface area contributed by atoms with Crippen molar-refractivity contribution in [2.24, 2.45) is 4.99 Å². The fourth-order valence-corrected chi connectivity index (χ4v) is 4.08. The number of non-ortho nitro benzene ring substituents is 1. The molecule has 0 fully saturated rings. The van der Waals surface area contributed by atoms with E-state index in [-0.39, 0.29) is 5.69 Å². The first kappa shape index (κ1) is 20.1. The summed E-state index contributed by atoms with van der Waals surface area (Å²) in [6, 6.07) is 22.5. The van der Waals surface area contributed by atoms with Crippen LogP contribution < -0.4 is 0 Å². The molecule has 0 atom stereocenters. The van der Waals surface area contributed by atoms with Crippen LogP contribution in [0.15, 0.2) is 82.3 Å². The summed E-state index contributed by atoms with van der Waals surface area (Å²) in [4.78, 5) is 20.8. The van der Waals surface area contributed by atoms with Crippen molar-refractivity contribution in [3.8, 4) is 21.7 Å². The smallest absolute Gasteiger partial charge is 0.258 e. The summed E-state index contributed by atoms with van der Waals surface area (Å²) in [6.07, 6.45) is 1.78. The van der Waals surface area contributed by atoms with Crippen molar-refractivity contribution in [3.05, 3.63) is 98.5 Å². The van der Waals surface area contributed by atoms with Crippen molar-refractivity contribution in [2.45, 2.75) is 6.92 Å². The Labute approximate surface area is 186 Å². The highest BCUT2D eigenvalue weighted by molar-refractivity contribution is 9.10. The average Bonchev–Trinajstić information content (AvgIpc) is 3.18. The first-order valence-corrected chi connectivity index (χ1v) is 10.7. The van der Waals surface area contributed by atoms with Gasteiger partial charge in [0.25, 0.3) is 5.69 Å². The highest BCUT2D eigenvalue weighted by Crippen LogP contribution is 2.40. The molecule has 4 rings (SSSR count). The predicted octanol–water partition coefficient (Wildman–Crippen LogP) is 7.21. The van der Waals surface area contributed by atoms with Gasteiger partial charge in [0.1, 0.15) is 0 Å². The van der Waals surface area contributed by atoms with Gasteiger partial charge in [0.2, 0.25) is 5.13 Å². The number of aliphatic imine (C=N–C) groups is 1. The van der Waals surface area contributed by atoms with Gasteiger partial charge in [0.05, 0.1) is 15.5 Å². The van der Waals surface area contributed by atoms with Crippen LogP contribution >= 0.6 is 27.3 Å². The predicted molar refractivity (Wildman–Crippen MR) is 126 cm³/mol. The van der Waals surface area contributed by atoms with E-state index in [9.17, 15) is 10.1 Å². The molecule has 0 saturated carbocycles. The third-order valence-electron chi connectivity index (χ3n) is 4.48. The Morgan fingerprint density at radius 1 is 0.967 bits per heavy atom. The Balaban J connectivity index is 1.75. The molecule has 0 bridgehead atoms. The minimum Gasteiger partial charge on any atom is -0.258 e. The molecule has 0 saturated heterocycles. The SMILES string of the molecule is Cc1ccc(-c2nc(N=Cc3ccc(Br)cc3)sc2-c2ccc([N+](=O)[O-])cc2)cc1. The molecule has 0 amide bonds. The fourth-order valence-electron chi connectivity index (χ4n) is 2.88. The fraction of sp³-hybridized carbons (Fsp3) is 0.0435. The molecule has 0 aliphatic carbocycles. The van der Waals surface area contributed by atoms with Crippen LogP contribution in [0.2, 0.25) is 0 Å². The lowest BCUT2D eigenvalue weighted by Crippen LogP contribution is -1.87. The molecule has 1 aromatic heterocycles. The van der Waals surface area contributed by atoms with Gasteiger partial charge in [0, 0.05) is 28.4 Å². The second-order valence-corrected chi connectivity index (χ2v) is 8.55. The lowest BCUT2D eigenvalue weighted by Gasteiger charge is -2.03. The van der Waals surface area contributed by atoms with E-state index in [2.05, 4.69) is 20.9 Å². The minimum absolute atomic E-state index is 0.0635. The van der Waals surface area contributed by atoms with E-state index in [4.69, 9.17) is 4.98 Å². The molecule has 30 heavy (non-hydrogen) atoms. The Kier molecular flexibility index (Phi) is 5.83. The number of rotatable bonds is 5. The maximum atomic E-state index is 11.0. The van der Waals surface area contributed by atoms with E-state index in [1.165, 1.54) is 29.0 Å². The number of aryl methyl sites for hydroxylation is 1. The summed E-state index contributed by atoms with van der Waals surface area (Å²) in [5.41, 5.74) is 4.88. The summed E-state index contributed by atoms with van der Waals surface area (Å²) in [5.74, 6) is 0. The summed E-state index contributed by atoms with van der Waals surface area (Å²) in [5, 5.41) is 11.6. The van der Waals surface area contributed by atoms with Crippen molar-refractivity contribution >= 4 is 44.3 Å². The lowest BCUT2D eigenvalue weighted by molar-refractivity contribution is -0.384. The van der Waals surface area contributed by atoms with Gasteiger partial charge >= 0.3 is 0 Å². The number of hydrogen-bond acceptors (Lipinski definition) is 5. The summed E-state index contributed by atoms with van der Waals surface area (Å²) in [7, 11) is 0. The Hall–Kier alpha value is -3.16. The molecule has 4 aromatic rings. The van der Waals surface area contributed by atoms with Gasteiger partial charge in [-0.2, -0.15) is 0 Å². The molecule has 148 valence electrons. The Morgan fingerprint density at radius 2 is 1.60 bits per heavy atom. The monoisotopic (exact) mass is 477 g/mol. The molecule has 0 N–H and O–H groups in total. The van der Waals surface area contributed by atoms with Crippen molar-refractivity contribution in [1.29, 1.82) is 0 Å². The number of halogens is 1. The van der Waals surface area contributed by atoms with Crippen molar-refractivity contribution in [3.63, 3.8) is 0 Å². The molecular formula is C23H16BrN3O2S. The molecule has 0 aliphatic heterocycles. The second kappa shape index (κ2) is 8.69. The second-order valence-electron chi connectivity index (χ2n) is 6.65. The first-order valence-electron chi connectivity index (χ1n) is 9.12. The van der Waals surface area contributed by atoms with Gasteiger partial charge in [-0.25, -0.2) is 9.98 Å². The highest BCUT2D eigenvalue weighted by atomic mass is 79.9. The van der Waals surface area contributed by atoms with E-state index in [0.717, 1.165) is 31.7 Å². The van der Waals surface area contributed by atoms with Gasteiger partial charge in [-0.3, -0.25) is 10.1 Å². The zero-order valence-electron chi connectivity index (χ0n) is 15.9. The number of nitrogens with zero attached hydrogens (tertiary/aromatic N) is 3. The van der Waals surface area contributed by atoms with Crippen molar-refractivity contribution in [1.82, 2.24) is 4.98 Å². The number of nitro benzene ring substituents is 1. The number of nitro groups is 1. The molecule has 3 aromatic carbocycles. The summed E-state index contributed by atoms with van der Waals surface area (Å²) >= 11 is 4.89. The van der Waals surface area contributed by atoms with E-state index < -0.39 is 4.92 Å². The normalized spacial score (nSPS) is 11.1. The molecule has 7 heteroatoms. The lowest BCUT2D eigenvalue weighted by atomic mass is 10.1. The largest absolute Gasteiger partial charge is 0.269 e. The number of thiazole rings is 1. The van der Waals surface area contributed by atoms with Crippen molar-refractivity contribution < 1.29 is 4.92 Å². The topological polar surface area (TPSA) is 68.4 Å². The van der Waals surface area contributed by atoms with Crippen LogP contribution in [0.5, 0.6) is 0 Å². The molecular weight excluding hydrogens is 462 g/mol. The average molecular weight is 478 g/mol. The standard InChI is InChI=1S/C23H16BrN3O2S/c1-15-2-6-17(7-3-15)21-22(18-8-12-20(13-9-18)27(28)29)30-23(26-21)25-14-16-4-10-19(24)11-5-16/h2-14H,1H3. The quantitative estimate of drug-likeness (QED) is 0.173. The van der Waals surface area contributed by atoms with Crippen molar-refractivity contribution in [2.75, 3.05) is 0 Å². The van der Waals surface area contributed by atoms with E-state index in [1.54, 1.807) is 18.3 Å². The van der Waals surface area contributed by atoms with Crippen LogP contribution in [0.1, 0.15) is 11.1 Å². The Bertz CT molecular complexity index is 1220. The maximum Gasteiger partial charge on any atom is 0.269 e. The van der Waals surface area contributed by atoms with Gasteiger partial charge in [0.15, 0.2) is 0 Å². The molecule has 0 radical (unpaired) electrons. The number of benzene rings is 3. The van der Waals surface area contributed by atoms with E-state index >= 15 is 0 Å². The zero-order valence-corrected chi connectivity index (χ0v) is 18.4. The molecule has 0 aliphatic rings. The molecule has 1 heterocycles. The summed E-state index contributed by atoms with van der Waals surface area (Å²) < 4.78 is 1.01. The Morgan fingerprint density at radius 3 is 2.23 bits per heavy atom. The van der Waals surface area contributed by atoms with E-state index in [1.807, 2.05) is 55.5 Å². The van der Waals surface area contributed by atoms with Gasteiger partial charge in [-0.05, 0) is 42.3 Å². The highest BCUT2D eigenvalue weighted by Gasteiger charge is 2.16. The zero-order chi connectivity index (χ0) is 21.1. The van der Waals surface area contributed by atoms with Crippen LogP contribution in [0, 0.1) is 17.0 Å². The molecule has 5 nitrogen and oxygen atoms in total. The number of hydrogen-bond donors (Lipinski definition) is 0. The molecule has 0 spiro atoms. The summed E-state index contributed by atoms with van der Waals surface area (Å²) in [6.45, 7) is 2.04. The van der Waals surface area contributed by atoms with Gasteiger partial charge < -0.3 is 0 Å². The molecule has 0 unspecified atom stereocenters. The van der Waals surface area contributed by atoms with Gasteiger partial charge in [-0.15, -0.1) is 0 Å². The van der Waals surface area contributed by atoms with Crippen LogP contribution in [-0.4, -0.2) is 16.1 Å². The third kappa shape index (κ3) is 4.53. The minimum atomic E-state index is -0.398. The van der Waals surface area contributed by atoms with Crippen LogP contribution in [0.3, 0.4) is 0 Å². The first-order chi connectivity index (χ1) is 14.5. The van der Waals surface area contributed by atoms with Crippen LogP contribution in [0.4, 0.5) is 10.8 Å². The maximum absolute atomic E-state index is 11.0. The van der Waals surface area contributed by atoms with E-state index in [0.29, 0.717) is 5.13 Å². The van der Waals surface area contributed by atoms with Crippen LogP contribution in [-0.2, 0) is 0 Å².